The van der Waals surface area contributed by atoms with E-state index in [1.807, 2.05) is 60.5 Å². The highest BCUT2D eigenvalue weighted by Crippen LogP contribution is 2.52. The van der Waals surface area contributed by atoms with Gasteiger partial charge >= 0.3 is 5.97 Å². The molecule has 2 amide bonds. The zero-order chi connectivity index (χ0) is 27.8. The Balaban J connectivity index is 0.00000370. The number of fused-ring (bicyclic) bond motifs is 3. The maximum atomic E-state index is 13.9. The van der Waals surface area contributed by atoms with Gasteiger partial charge < -0.3 is 25.7 Å². The number of nitrogens with zero attached hydrogens (tertiary/aromatic N) is 1. The van der Waals surface area contributed by atoms with Crippen molar-refractivity contribution in [2.45, 2.75) is 69.4 Å². The molecule has 1 spiro atoms. The number of para-hydroxylation sites is 1. The molecular formula is C31H39ClN4O4. The number of piperidine rings is 1. The van der Waals surface area contributed by atoms with Gasteiger partial charge in [0, 0.05) is 42.0 Å². The zero-order valence-electron chi connectivity index (χ0n) is 23.4. The first-order valence-electron chi connectivity index (χ1n) is 13.8. The standard InChI is InChI=1S/C31H38N4O4.ClH/c1-4-39-28(37)23-18-31(24-11-7-5-10-22(23)24)13-15-35(16-14-31)27(36)26(34-29(38)30(2,3)32)17-20-19-33-25-12-8-6-9-21(20)25;/h5-12,19,23,26,33H,4,13-18,32H2,1-3H3,(H,34,38);1H/t23-,26+;/m0./s1. The number of hydrogen-bond donors (Lipinski definition) is 3. The molecule has 8 nitrogen and oxygen atoms in total. The van der Waals surface area contributed by atoms with E-state index >= 15 is 0 Å². The Morgan fingerprint density at radius 2 is 1.80 bits per heavy atom. The van der Waals surface area contributed by atoms with Crippen LogP contribution in [-0.2, 0) is 31.0 Å². The lowest BCUT2D eigenvalue weighted by Crippen LogP contribution is -2.58. The van der Waals surface area contributed by atoms with Gasteiger partial charge in [-0.25, -0.2) is 0 Å². The number of halogens is 1. The van der Waals surface area contributed by atoms with Crippen LogP contribution in [0.15, 0.2) is 54.7 Å². The Morgan fingerprint density at radius 1 is 1.12 bits per heavy atom. The van der Waals surface area contributed by atoms with E-state index in [1.54, 1.807) is 13.8 Å². The average molecular weight is 567 g/mol. The summed E-state index contributed by atoms with van der Waals surface area (Å²) in [7, 11) is 0. The summed E-state index contributed by atoms with van der Waals surface area (Å²) in [5, 5.41) is 3.97. The Bertz CT molecular complexity index is 1390. The topological polar surface area (TPSA) is 118 Å². The number of benzene rings is 2. The summed E-state index contributed by atoms with van der Waals surface area (Å²) >= 11 is 0. The highest BCUT2D eigenvalue weighted by molar-refractivity contribution is 5.92. The molecule has 40 heavy (non-hydrogen) atoms. The molecule has 3 aromatic rings. The number of nitrogens with one attached hydrogen (secondary N) is 2. The molecular weight excluding hydrogens is 528 g/mol. The monoisotopic (exact) mass is 566 g/mol. The Kier molecular flexibility index (Phi) is 8.61. The molecule has 1 saturated heterocycles. The molecule has 2 atom stereocenters. The first-order valence-corrected chi connectivity index (χ1v) is 13.8. The minimum absolute atomic E-state index is 0. The normalized spacial score (nSPS) is 18.6. The fourth-order valence-electron chi connectivity index (χ4n) is 6.26. The number of hydrogen-bond acceptors (Lipinski definition) is 5. The van der Waals surface area contributed by atoms with E-state index in [0.29, 0.717) is 32.5 Å². The second-order valence-corrected chi connectivity index (χ2v) is 11.5. The van der Waals surface area contributed by atoms with Gasteiger partial charge in [0.05, 0.1) is 18.1 Å². The molecule has 214 valence electrons. The van der Waals surface area contributed by atoms with Crippen LogP contribution in [0.2, 0.25) is 0 Å². The third-order valence-electron chi connectivity index (χ3n) is 8.39. The van der Waals surface area contributed by atoms with Gasteiger partial charge in [0.15, 0.2) is 0 Å². The number of aromatic nitrogens is 1. The molecule has 0 radical (unpaired) electrons. The minimum Gasteiger partial charge on any atom is -0.466 e. The summed E-state index contributed by atoms with van der Waals surface area (Å²) in [6, 6.07) is 15.3. The maximum absolute atomic E-state index is 13.9. The Labute approximate surface area is 241 Å². The van der Waals surface area contributed by atoms with Gasteiger partial charge in [-0.15, -0.1) is 12.4 Å². The summed E-state index contributed by atoms with van der Waals surface area (Å²) in [4.78, 5) is 44.7. The van der Waals surface area contributed by atoms with Crippen molar-refractivity contribution in [3.8, 4) is 0 Å². The summed E-state index contributed by atoms with van der Waals surface area (Å²) < 4.78 is 5.40. The molecule has 2 aromatic carbocycles. The van der Waals surface area contributed by atoms with Crippen LogP contribution in [0.3, 0.4) is 0 Å². The number of rotatable bonds is 7. The van der Waals surface area contributed by atoms with E-state index in [2.05, 4.69) is 16.4 Å². The van der Waals surface area contributed by atoms with Crippen molar-refractivity contribution in [2.24, 2.45) is 5.73 Å². The van der Waals surface area contributed by atoms with Crippen LogP contribution < -0.4 is 11.1 Å². The lowest BCUT2D eigenvalue weighted by Gasteiger charge is -2.41. The lowest BCUT2D eigenvalue weighted by atomic mass is 9.73. The number of carbonyl (C=O) groups is 3. The first-order chi connectivity index (χ1) is 18.6. The fourth-order valence-corrected chi connectivity index (χ4v) is 6.26. The quantitative estimate of drug-likeness (QED) is 0.374. The van der Waals surface area contributed by atoms with Crippen LogP contribution >= 0.6 is 12.4 Å². The second-order valence-electron chi connectivity index (χ2n) is 11.5. The summed E-state index contributed by atoms with van der Waals surface area (Å²) in [6.07, 6.45) is 4.47. The van der Waals surface area contributed by atoms with E-state index in [1.165, 1.54) is 5.56 Å². The molecule has 2 aliphatic rings. The SMILES string of the molecule is CCOC(=O)[C@H]1CC2(CCN(C(=O)[C@@H](Cc3c[nH]c4ccccc34)NC(=O)C(C)(C)N)CC2)c2ccccc21.Cl. The third-order valence-corrected chi connectivity index (χ3v) is 8.39. The highest BCUT2D eigenvalue weighted by atomic mass is 35.5. The molecule has 1 aromatic heterocycles. The molecule has 1 aliphatic carbocycles. The Hall–Kier alpha value is -3.36. The second kappa shape index (κ2) is 11.6. The van der Waals surface area contributed by atoms with Gasteiger partial charge in [-0.05, 0) is 62.8 Å². The van der Waals surface area contributed by atoms with Gasteiger partial charge in [0.1, 0.15) is 6.04 Å². The number of H-pyrrole nitrogens is 1. The van der Waals surface area contributed by atoms with Crippen molar-refractivity contribution in [3.63, 3.8) is 0 Å². The third kappa shape index (κ3) is 5.60. The van der Waals surface area contributed by atoms with E-state index < -0.39 is 11.6 Å². The largest absolute Gasteiger partial charge is 0.466 e. The van der Waals surface area contributed by atoms with E-state index in [4.69, 9.17) is 10.5 Å². The minimum atomic E-state index is -1.11. The first kappa shape index (κ1) is 29.6. The number of ether oxygens (including phenoxy) is 1. The Morgan fingerprint density at radius 3 is 2.50 bits per heavy atom. The summed E-state index contributed by atoms with van der Waals surface area (Å²) in [5.41, 5.74) is 8.99. The number of nitrogens with two attached hydrogens (primary N) is 1. The molecule has 1 aliphatic heterocycles. The van der Waals surface area contributed by atoms with Crippen molar-refractivity contribution < 1.29 is 19.1 Å². The number of amides is 2. The average Bonchev–Trinajstić information content (AvgIpc) is 3.47. The van der Waals surface area contributed by atoms with Crippen LogP contribution in [0.1, 0.15) is 62.6 Å². The molecule has 4 N–H and O–H groups in total. The van der Waals surface area contributed by atoms with Crippen LogP contribution in [0.25, 0.3) is 10.9 Å². The number of likely N-dealkylation sites (tertiary alicyclic amines) is 1. The molecule has 0 unspecified atom stereocenters. The zero-order valence-corrected chi connectivity index (χ0v) is 24.2. The van der Waals surface area contributed by atoms with Gasteiger partial charge in [-0.2, -0.15) is 0 Å². The van der Waals surface area contributed by atoms with Crippen LogP contribution in [0.5, 0.6) is 0 Å². The van der Waals surface area contributed by atoms with Gasteiger partial charge in [-0.1, -0.05) is 42.5 Å². The van der Waals surface area contributed by atoms with E-state index in [9.17, 15) is 14.4 Å². The van der Waals surface area contributed by atoms with Crippen molar-refractivity contribution >= 4 is 41.1 Å². The van der Waals surface area contributed by atoms with Gasteiger partial charge in [-0.3, -0.25) is 14.4 Å². The molecule has 2 heterocycles. The van der Waals surface area contributed by atoms with Crippen LogP contribution in [-0.4, -0.2) is 58.9 Å². The van der Waals surface area contributed by atoms with Gasteiger partial charge in [0.25, 0.3) is 0 Å². The number of esters is 1. The van der Waals surface area contributed by atoms with Gasteiger partial charge in [0.2, 0.25) is 11.8 Å². The number of aromatic amines is 1. The molecule has 0 saturated carbocycles. The predicted molar refractivity (Wildman–Crippen MR) is 157 cm³/mol. The number of carbonyl (C=O) groups excluding carboxylic acids is 3. The molecule has 0 bridgehead atoms. The van der Waals surface area contributed by atoms with Crippen molar-refractivity contribution in [1.82, 2.24) is 15.2 Å². The molecule has 5 rings (SSSR count). The van der Waals surface area contributed by atoms with Crippen LogP contribution in [0.4, 0.5) is 0 Å². The van der Waals surface area contributed by atoms with Crippen molar-refractivity contribution in [3.05, 3.63) is 71.4 Å². The van der Waals surface area contributed by atoms with Crippen molar-refractivity contribution in [1.29, 1.82) is 0 Å². The van der Waals surface area contributed by atoms with E-state index in [0.717, 1.165) is 34.9 Å². The molecule has 1 fully saturated rings. The van der Waals surface area contributed by atoms with Crippen LogP contribution in [0, 0.1) is 0 Å². The maximum Gasteiger partial charge on any atom is 0.313 e. The smallest absolute Gasteiger partial charge is 0.313 e. The van der Waals surface area contributed by atoms with Crippen molar-refractivity contribution in [2.75, 3.05) is 19.7 Å². The predicted octanol–water partition coefficient (Wildman–Crippen LogP) is 3.97. The molecule has 9 heteroatoms. The highest BCUT2D eigenvalue weighted by Gasteiger charge is 2.48. The van der Waals surface area contributed by atoms with E-state index in [-0.39, 0.29) is 41.5 Å². The summed E-state index contributed by atoms with van der Waals surface area (Å²) in [5.74, 6) is -0.924. The summed E-state index contributed by atoms with van der Waals surface area (Å²) in [6.45, 7) is 6.56. The lowest BCUT2D eigenvalue weighted by molar-refractivity contribution is -0.145. The fraction of sp³-hybridized carbons (Fsp3) is 0.452.